The van der Waals surface area contributed by atoms with Gasteiger partial charge in [-0.15, -0.1) is 12.4 Å². The van der Waals surface area contributed by atoms with Gasteiger partial charge in [0.15, 0.2) is 0 Å². The Labute approximate surface area is 180 Å². The van der Waals surface area contributed by atoms with Crippen LogP contribution < -0.4 is 4.74 Å². The maximum Gasteiger partial charge on any atom is 0.118 e. The van der Waals surface area contributed by atoms with E-state index in [0.717, 1.165) is 31.1 Å². The normalized spacial score (nSPS) is 28.0. The van der Waals surface area contributed by atoms with E-state index in [4.69, 9.17) is 4.74 Å². The van der Waals surface area contributed by atoms with E-state index in [0.29, 0.717) is 17.2 Å². The van der Waals surface area contributed by atoms with Gasteiger partial charge in [-0.3, -0.25) is 4.90 Å². The van der Waals surface area contributed by atoms with Crippen molar-refractivity contribution in [1.29, 1.82) is 0 Å². The predicted octanol–water partition coefficient (Wildman–Crippen LogP) is 5.12. The molecule has 0 spiro atoms. The van der Waals surface area contributed by atoms with Crippen LogP contribution in [0.1, 0.15) is 48.8 Å². The number of hydrogen-bond donors (Lipinski definition) is 1. The molecular formula is C25H32ClNO2. The molecule has 3 atom stereocenters. The average Bonchev–Trinajstić information content (AvgIpc) is 2.74. The number of benzene rings is 2. The van der Waals surface area contributed by atoms with Crippen molar-refractivity contribution in [3.05, 3.63) is 59.2 Å². The Morgan fingerprint density at radius 3 is 2.72 bits per heavy atom. The summed E-state index contributed by atoms with van der Waals surface area (Å²) in [6, 6.07) is 15.4. The molecule has 0 amide bonds. The second-order valence-electron chi connectivity index (χ2n) is 9.01. The third-order valence-electron chi connectivity index (χ3n) is 7.78. The Morgan fingerprint density at radius 2 is 1.93 bits per heavy atom. The molecule has 1 saturated carbocycles. The second kappa shape index (κ2) is 8.20. The number of halogens is 1. The quantitative estimate of drug-likeness (QED) is 0.754. The van der Waals surface area contributed by atoms with Crippen molar-refractivity contribution in [3.63, 3.8) is 0 Å². The lowest BCUT2D eigenvalue weighted by molar-refractivity contribution is -0.0106. The number of methoxy groups -OCH3 is 1. The smallest absolute Gasteiger partial charge is 0.118 e. The van der Waals surface area contributed by atoms with E-state index in [1.54, 1.807) is 7.11 Å². The molecule has 2 aromatic carbocycles. The summed E-state index contributed by atoms with van der Waals surface area (Å²) in [5, 5.41) is 10.2. The Morgan fingerprint density at radius 1 is 1.10 bits per heavy atom. The first kappa shape index (κ1) is 20.6. The molecule has 2 bridgehead atoms. The maximum atomic E-state index is 10.2. The van der Waals surface area contributed by atoms with Crippen LogP contribution >= 0.6 is 12.4 Å². The number of phenols is 1. The van der Waals surface area contributed by atoms with Crippen LogP contribution in [0.15, 0.2) is 42.5 Å². The number of piperidine rings is 1. The molecule has 5 rings (SSSR count). The minimum absolute atomic E-state index is 0. The first-order chi connectivity index (χ1) is 13.7. The van der Waals surface area contributed by atoms with Gasteiger partial charge in [-0.2, -0.15) is 0 Å². The largest absolute Gasteiger partial charge is 0.508 e. The molecule has 3 aliphatic rings. The minimum atomic E-state index is 0. The summed E-state index contributed by atoms with van der Waals surface area (Å²) in [6.45, 7) is 2.32. The van der Waals surface area contributed by atoms with E-state index in [1.165, 1.54) is 55.3 Å². The van der Waals surface area contributed by atoms with Crippen molar-refractivity contribution in [2.24, 2.45) is 5.92 Å². The van der Waals surface area contributed by atoms with E-state index < -0.39 is 0 Å². The number of rotatable bonds is 4. The molecule has 2 fully saturated rings. The zero-order valence-corrected chi connectivity index (χ0v) is 18.1. The number of ether oxygens (including phenoxy) is 1. The van der Waals surface area contributed by atoms with Crippen LogP contribution in [-0.4, -0.2) is 36.2 Å². The van der Waals surface area contributed by atoms with Gasteiger partial charge in [-0.05, 0) is 85.5 Å². The zero-order chi connectivity index (χ0) is 19.1. The Kier molecular flexibility index (Phi) is 5.81. The van der Waals surface area contributed by atoms with Gasteiger partial charge in [0.2, 0.25) is 0 Å². The van der Waals surface area contributed by atoms with Crippen molar-refractivity contribution in [1.82, 2.24) is 4.90 Å². The fourth-order valence-electron chi connectivity index (χ4n) is 6.42. The van der Waals surface area contributed by atoms with Crippen LogP contribution in [0, 0.1) is 5.92 Å². The lowest BCUT2D eigenvalue weighted by atomic mass is 9.52. The van der Waals surface area contributed by atoms with Gasteiger partial charge in [0.25, 0.3) is 0 Å². The fraction of sp³-hybridized carbons (Fsp3) is 0.520. The van der Waals surface area contributed by atoms with Crippen LogP contribution in [0.5, 0.6) is 11.5 Å². The summed E-state index contributed by atoms with van der Waals surface area (Å²) >= 11 is 0. The molecule has 4 heteroatoms. The van der Waals surface area contributed by atoms with Crippen molar-refractivity contribution in [2.75, 3.05) is 20.2 Å². The molecule has 156 valence electrons. The Bertz CT molecular complexity index is 852. The van der Waals surface area contributed by atoms with Gasteiger partial charge in [0, 0.05) is 18.0 Å². The van der Waals surface area contributed by atoms with Gasteiger partial charge in [0.1, 0.15) is 11.5 Å². The number of hydrogen-bond acceptors (Lipinski definition) is 3. The third-order valence-corrected chi connectivity index (χ3v) is 7.78. The topological polar surface area (TPSA) is 32.7 Å². The summed E-state index contributed by atoms with van der Waals surface area (Å²) in [6.07, 6.45) is 8.84. The van der Waals surface area contributed by atoms with Gasteiger partial charge in [-0.1, -0.05) is 31.0 Å². The number of likely N-dealkylation sites (tertiary alicyclic amines) is 1. The third kappa shape index (κ3) is 3.53. The van der Waals surface area contributed by atoms with Gasteiger partial charge >= 0.3 is 0 Å². The summed E-state index contributed by atoms with van der Waals surface area (Å²) < 4.78 is 5.29. The number of aromatic hydroxyl groups is 1. The van der Waals surface area contributed by atoms with Crippen molar-refractivity contribution in [2.45, 2.75) is 56.4 Å². The average molecular weight is 414 g/mol. The Hall–Kier alpha value is -1.71. The standard InChI is InChI=1S/C25H31NO2.ClH/c1-28-21-9-5-18(6-10-21)11-14-26-15-13-25-12-3-2-4-22(25)24(26)16-19-7-8-20(27)17-23(19)25;/h5-10,17,22,24,27H,2-4,11-16H2,1H3;1H/t22-,24+,25+;/m0./s1. The van der Waals surface area contributed by atoms with E-state index in [-0.39, 0.29) is 12.4 Å². The van der Waals surface area contributed by atoms with Crippen molar-refractivity contribution in [3.8, 4) is 11.5 Å². The van der Waals surface area contributed by atoms with E-state index in [2.05, 4.69) is 41.3 Å². The highest BCUT2D eigenvalue weighted by Gasteiger charge is 2.53. The van der Waals surface area contributed by atoms with Crippen molar-refractivity contribution >= 4 is 12.4 Å². The molecule has 0 radical (unpaired) electrons. The first-order valence-corrected chi connectivity index (χ1v) is 10.9. The monoisotopic (exact) mass is 413 g/mol. The van der Waals surface area contributed by atoms with Crippen LogP contribution in [0.3, 0.4) is 0 Å². The zero-order valence-electron chi connectivity index (χ0n) is 17.3. The van der Waals surface area contributed by atoms with Gasteiger partial charge in [0.05, 0.1) is 7.11 Å². The SMILES string of the molecule is COc1ccc(CCN2CC[C@]34CCCC[C@H]3[C@H]2Cc2ccc(O)cc24)cc1.Cl. The maximum absolute atomic E-state index is 10.2. The summed E-state index contributed by atoms with van der Waals surface area (Å²) in [5.41, 5.74) is 4.66. The summed E-state index contributed by atoms with van der Waals surface area (Å²) in [5.74, 6) is 2.12. The highest BCUT2D eigenvalue weighted by Crippen LogP contribution is 2.56. The van der Waals surface area contributed by atoms with Crippen LogP contribution in [-0.2, 0) is 18.3 Å². The highest BCUT2D eigenvalue weighted by molar-refractivity contribution is 5.85. The molecule has 3 nitrogen and oxygen atoms in total. The molecule has 0 aromatic heterocycles. The van der Waals surface area contributed by atoms with Crippen LogP contribution in [0.4, 0.5) is 0 Å². The molecule has 2 aromatic rings. The molecular weight excluding hydrogens is 382 g/mol. The number of nitrogens with zero attached hydrogens (tertiary/aromatic N) is 1. The summed E-state index contributed by atoms with van der Waals surface area (Å²) in [7, 11) is 1.72. The first-order valence-electron chi connectivity index (χ1n) is 10.9. The number of phenolic OH excluding ortho intramolecular Hbond substituents is 1. The van der Waals surface area contributed by atoms with Crippen LogP contribution in [0.25, 0.3) is 0 Å². The van der Waals surface area contributed by atoms with E-state index in [9.17, 15) is 5.11 Å². The molecule has 1 saturated heterocycles. The van der Waals surface area contributed by atoms with Gasteiger partial charge in [-0.25, -0.2) is 0 Å². The molecule has 1 N–H and O–H groups in total. The second-order valence-corrected chi connectivity index (χ2v) is 9.01. The predicted molar refractivity (Wildman–Crippen MR) is 119 cm³/mol. The molecule has 1 aliphatic heterocycles. The molecule has 1 heterocycles. The highest BCUT2D eigenvalue weighted by atomic mass is 35.5. The lowest BCUT2D eigenvalue weighted by Gasteiger charge is -2.59. The van der Waals surface area contributed by atoms with E-state index in [1.807, 2.05) is 6.07 Å². The molecule has 0 unspecified atom stereocenters. The Balaban J connectivity index is 0.00000205. The molecule has 29 heavy (non-hydrogen) atoms. The van der Waals surface area contributed by atoms with E-state index >= 15 is 0 Å². The van der Waals surface area contributed by atoms with Gasteiger partial charge < -0.3 is 9.84 Å². The van der Waals surface area contributed by atoms with Crippen LogP contribution in [0.2, 0.25) is 0 Å². The summed E-state index contributed by atoms with van der Waals surface area (Å²) in [4.78, 5) is 2.77. The molecule has 2 aliphatic carbocycles. The minimum Gasteiger partial charge on any atom is -0.508 e. The van der Waals surface area contributed by atoms with Crippen molar-refractivity contribution < 1.29 is 9.84 Å². The fourth-order valence-corrected chi connectivity index (χ4v) is 6.42. The number of fused-ring (bicyclic) bond motifs is 1. The lowest BCUT2D eigenvalue weighted by Crippen LogP contribution is -2.61.